The molecule has 1 rings (SSSR count). The average Bonchev–Trinajstić information content (AvgIpc) is 2.20. The minimum Gasteiger partial charge on any atom is -0.504 e. The molecule has 0 aromatic carbocycles. The Morgan fingerprint density at radius 3 is 2.29 bits per heavy atom. The molecule has 14 heavy (non-hydrogen) atoms. The van der Waals surface area contributed by atoms with Crippen molar-refractivity contribution in [1.29, 1.82) is 0 Å². The Morgan fingerprint density at radius 1 is 1.50 bits per heavy atom. The fraction of sp³-hybridized carbons (Fsp3) is 0.636. The SMILES string of the molecule is CC(=O)CC1C(C)=C(O)C(=O)C1(C)C. The van der Waals surface area contributed by atoms with Crippen LogP contribution in [-0.2, 0) is 9.59 Å². The zero-order chi connectivity index (χ0) is 11.1. The molecule has 1 atom stereocenters. The van der Waals surface area contributed by atoms with E-state index in [9.17, 15) is 14.7 Å². The summed E-state index contributed by atoms with van der Waals surface area (Å²) in [7, 11) is 0. The van der Waals surface area contributed by atoms with Crippen LogP contribution in [0.2, 0.25) is 0 Å². The lowest BCUT2D eigenvalue weighted by Crippen LogP contribution is -2.29. The van der Waals surface area contributed by atoms with Crippen LogP contribution in [0.3, 0.4) is 0 Å². The molecule has 0 aromatic heterocycles. The molecular formula is C11H16O3. The predicted molar refractivity (Wildman–Crippen MR) is 52.9 cm³/mol. The second-order valence-electron chi connectivity index (χ2n) is 4.54. The van der Waals surface area contributed by atoms with Crippen molar-refractivity contribution in [2.75, 3.05) is 0 Å². The van der Waals surface area contributed by atoms with Crippen molar-refractivity contribution in [2.45, 2.75) is 34.1 Å². The number of aliphatic hydroxyl groups excluding tert-OH is 1. The van der Waals surface area contributed by atoms with Crippen LogP contribution in [0.1, 0.15) is 34.1 Å². The molecule has 0 aliphatic heterocycles. The quantitative estimate of drug-likeness (QED) is 0.735. The zero-order valence-corrected chi connectivity index (χ0v) is 9.05. The second kappa shape index (κ2) is 3.23. The summed E-state index contributed by atoms with van der Waals surface area (Å²) < 4.78 is 0. The summed E-state index contributed by atoms with van der Waals surface area (Å²) in [6.07, 6.45) is 0.328. The number of carbonyl (C=O) groups excluding carboxylic acids is 2. The number of allylic oxidation sites excluding steroid dienone is 2. The highest BCUT2D eigenvalue weighted by molar-refractivity contribution is 6.01. The lowest BCUT2D eigenvalue weighted by Gasteiger charge is -2.25. The van der Waals surface area contributed by atoms with E-state index in [4.69, 9.17) is 0 Å². The first-order chi connectivity index (χ1) is 6.28. The maximum absolute atomic E-state index is 11.6. The van der Waals surface area contributed by atoms with Crippen molar-refractivity contribution < 1.29 is 14.7 Å². The van der Waals surface area contributed by atoms with E-state index in [-0.39, 0.29) is 23.2 Å². The van der Waals surface area contributed by atoms with Gasteiger partial charge in [-0.15, -0.1) is 0 Å². The fourth-order valence-corrected chi connectivity index (χ4v) is 2.04. The third-order valence-electron chi connectivity index (χ3n) is 3.06. The molecule has 1 aliphatic carbocycles. The molecule has 0 spiro atoms. The maximum Gasteiger partial charge on any atom is 0.203 e. The van der Waals surface area contributed by atoms with Crippen molar-refractivity contribution in [1.82, 2.24) is 0 Å². The van der Waals surface area contributed by atoms with E-state index >= 15 is 0 Å². The Bertz CT molecular complexity index is 323. The number of aliphatic hydroxyl groups is 1. The lowest BCUT2D eigenvalue weighted by atomic mass is 9.76. The van der Waals surface area contributed by atoms with Gasteiger partial charge in [0.25, 0.3) is 0 Å². The molecule has 3 heteroatoms. The molecule has 0 bridgehead atoms. The number of carbonyl (C=O) groups is 2. The smallest absolute Gasteiger partial charge is 0.203 e. The normalized spacial score (nSPS) is 25.7. The van der Waals surface area contributed by atoms with Crippen LogP contribution in [0.4, 0.5) is 0 Å². The van der Waals surface area contributed by atoms with E-state index in [2.05, 4.69) is 0 Å². The molecule has 0 saturated heterocycles. The summed E-state index contributed by atoms with van der Waals surface area (Å²) in [5.74, 6) is -0.500. The number of Topliss-reactive ketones (excluding diaryl/α,β-unsaturated/α-hetero) is 2. The van der Waals surface area contributed by atoms with Crippen molar-refractivity contribution in [2.24, 2.45) is 11.3 Å². The van der Waals surface area contributed by atoms with Crippen LogP contribution in [0.15, 0.2) is 11.3 Å². The summed E-state index contributed by atoms with van der Waals surface area (Å²) in [5, 5.41) is 9.50. The van der Waals surface area contributed by atoms with E-state index in [0.29, 0.717) is 12.0 Å². The van der Waals surface area contributed by atoms with Gasteiger partial charge < -0.3 is 9.90 Å². The van der Waals surface area contributed by atoms with Crippen LogP contribution in [0.5, 0.6) is 0 Å². The number of rotatable bonds is 2. The zero-order valence-electron chi connectivity index (χ0n) is 9.05. The first-order valence-corrected chi connectivity index (χ1v) is 4.72. The molecule has 0 radical (unpaired) electrons. The molecule has 78 valence electrons. The van der Waals surface area contributed by atoms with Crippen LogP contribution in [-0.4, -0.2) is 16.7 Å². The number of hydrogen-bond donors (Lipinski definition) is 1. The van der Waals surface area contributed by atoms with Crippen molar-refractivity contribution >= 4 is 11.6 Å². The maximum atomic E-state index is 11.6. The van der Waals surface area contributed by atoms with E-state index in [1.807, 2.05) is 0 Å². The molecule has 0 aromatic rings. The van der Waals surface area contributed by atoms with Crippen molar-refractivity contribution in [3.8, 4) is 0 Å². The van der Waals surface area contributed by atoms with Gasteiger partial charge in [-0.2, -0.15) is 0 Å². The highest BCUT2D eigenvalue weighted by atomic mass is 16.3. The second-order valence-corrected chi connectivity index (χ2v) is 4.54. The third-order valence-corrected chi connectivity index (χ3v) is 3.06. The molecule has 1 unspecified atom stereocenters. The Balaban J connectivity index is 3.05. The van der Waals surface area contributed by atoms with E-state index in [0.717, 1.165) is 0 Å². The lowest BCUT2D eigenvalue weighted by molar-refractivity contribution is -0.126. The summed E-state index contributed by atoms with van der Waals surface area (Å²) in [5.41, 5.74) is 0.00928. The molecular weight excluding hydrogens is 180 g/mol. The summed E-state index contributed by atoms with van der Waals surface area (Å²) in [4.78, 5) is 22.6. The summed E-state index contributed by atoms with van der Waals surface area (Å²) in [6, 6.07) is 0. The first kappa shape index (κ1) is 11.0. The average molecular weight is 196 g/mol. The third kappa shape index (κ3) is 1.47. The number of hydrogen-bond acceptors (Lipinski definition) is 3. The van der Waals surface area contributed by atoms with Crippen molar-refractivity contribution in [3.05, 3.63) is 11.3 Å². The summed E-state index contributed by atoms with van der Waals surface area (Å²) in [6.45, 7) is 6.77. The van der Waals surface area contributed by atoms with Gasteiger partial charge in [0.15, 0.2) is 5.76 Å². The van der Waals surface area contributed by atoms with Gasteiger partial charge in [-0.3, -0.25) is 4.79 Å². The van der Waals surface area contributed by atoms with Crippen LogP contribution >= 0.6 is 0 Å². The Labute approximate surface area is 83.8 Å². The van der Waals surface area contributed by atoms with Gasteiger partial charge in [-0.05, 0) is 19.4 Å². The Kier molecular flexibility index (Phi) is 2.52. The highest BCUT2D eigenvalue weighted by Gasteiger charge is 2.46. The molecule has 3 nitrogen and oxygen atoms in total. The minimum atomic E-state index is -0.639. The van der Waals surface area contributed by atoms with Gasteiger partial charge in [0, 0.05) is 17.8 Å². The van der Waals surface area contributed by atoms with Gasteiger partial charge in [-0.1, -0.05) is 13.8 Å². The molecule has 0 amide bonds. The van der Waals surface area contributed by atoms with Gasteiger partial charge in [0.1, 0.15) is 5.78 Å². The molecule has 0 fully saturated rings. The van der Waals surface area contributed by atoms with Crippen LogP contribution in [0.25, 0.3) is 0 Å². The Morgan fingerprint density at radius 2 is 2.00 bits per heavy atom. The van der Waals surface area contributed by atoms with Crippen LogP contribution in [0, 0.1) is 11.3 Å². The fourth-order valence-electron chi connectivity index (χ4n) is 2.04. The van der Waals surface area contributed by atoms with Crippen LogP contribution < -0.4 is 0 Å². The monoisotopic (exact) mass is 196 g/mol. The van der Waals surface area contributed by atoms with E-state index < -0.39 is 5.41 Å². The van der Waals surface area contributed by atoms with E-state index in [1.54, 1.807) is 20.8 Å². The van der Waals surface area contributed by atoms with Crippen molar-refractivity contribution in [3.63, 3.8) is 0 Å². The topological polar surface area (TPSA) is 54.4 Å². The van der Waals surface area contributed by atoms with Gasteiger partial charge in [0.2, 0.25) is 5.78 Å². The minimum absolute atomic E-state index is 0.0462. The molecule has 1 N–H and O–H groups in total. The highest BCUT2D eigenvalue weighted by Crippen LogP contribution is 2.44. The molecule has 0 heterocycles. The van der Waals surface area contributed by atoms with Gasteiger partial charge in [0.05, 0.1) is 0 Å². The van der Waals surface area contributed by atoms with E-state index in [1.165, 1.54) is 6.92 Å². The standard InChI is InChI=1S/C11H16O3/c1-6(12)5-8-7(2)9(13)10(14)11(8,3)4/h8,13H,5H2,1-4H3. The predicted octanol–water partition coefficient (Wildman–Crippen LogP) is 2.02. The first-order valence-electron chi connectivity index (χ1n) is 4.72. The largest absolute Gasteiger partial charge is 0.504 e. The van der Waals surface area contributed by atoms with Gasteiger partial charge >= 0.3 is 0 Å². The molecule has 0 saturated carbocycles. The summed E-state index contributed by atoms with van der Waals surface area (Å²) >= 11 is 0. The number of ketones is 2. The Hall–Kier alpha value is -1.12. The molecule has 1 aliphatic rings. The van der Waals surface area contributed by atoms with Gasteiger partial charge in [-0.25, -0.2) is 0 Å².